The molecule has 3 heteroatoms. The van der Waals surface area contributed by atoms with E-state index in [0.29, 0.717) is 12.0 Å². The van der Waals surface area contributed by atoms with Gasteiger partial charge in [-0.3, -0.25) is 4.79 Å². The van der Waals surface area contributed by atoms with Crippen LogP contribution in [0, 0.1) is 22.7 Å². The van der Waals surface area contributed by atoms with Crippen LogP contribution in [-0.4, -0.2) is 23.8 Å². The molecular weight excluding hydrogens is 204 g/mol. The molecular formula is C13H20O3. The number of fused-ring (bicyclic) bond motifs is 1. The molecule has 1 unspecified atom stereocenters. The molecule has 1 N–H and O–H groups in total. The molecule has 0 amide bonds. The molecule has 16 heavy (non-hydrogen) atoms. The SMILES string of the molecule is CC1(C)[C@H](C(=O)O)[C@H]1C12CCC[C@H]1OCC2. The molecule has 1 heterocycles. The smallest absolute Gasteiger partial charge is 0.307 e. The van der Waals surface area contributed by atoms with Gasteiger partial charge in [0.2, 0.25) is 0 Å². The van der Waals surface area contributed by atoms with Crippen LogP contribution >= 0.6 is 0 Å². The van der Waals surface area contributed by atoms with Crippen molar-refractivity contribution < 1.29 is 14.6 Å². The molecule has 0 bridgehead atoms. The highest BCUT2D eigenvalue weighted by Crippen LogP contribution is 2.72. The van der Waals surface area contributed by atoms with Crippen LogP contribution in [0.4, 0.5) is 0 Å². The number of ether oxygens (including phenoxy) is 1. The summed E-state index contributed by atoms with van der Waals surface area (Å²) in [6.45, 7) is 5.06. The fourth-order valence-electron chi connectivity index (χ4n) is 4.67. The van der Waals surface area contributed by atoms with Crippen molar-refractivity contribution in [1.82, 2.24) is 0 Å². The summed E-state index contributed by atoms with van der Waals surface area (Å²) in [5, 5.41) is 9.30. The number of carbonyl (C=O) groups is 1. The van der Waals surface area contributed by atoms with E-state index in [1.807, 2.05) is 0 Å². The molecule has 4 atom stereocenters. The van der Waals surface area contributed by atoms with Gasteiger partial charge in [-0.15, -0.1) is 0 Å². The summed E-state index contributed by atoms with van der Waals surface area (Å²) in [6.07, 6.45) is 4.95. The summed E-state index contributed by atoms with van der Waals surface area (Å²) in [5.74, 6) is -0.413. The Kier molecular flexibility index (Phi) is 1.99. The minimum Gasteiger partial charge on any atom is -0.481 e. The molecule has 3 aliphatic rings. The van der Waals surface area contributed by atoms with Crippen molar-refractivity contribution in [3.63, 3.8) is 0 Å². The third kappa shape index (κ3) is 1.10. The Hall–Kier alpha value is -0.570. The average Bonchev–Trinajstić information content (AvgIpc) is 2.53. The number of carboxylic acids is 1. The van der Waals surface area contributed by atoms with Gasteiger partial charge in [0.1, 0.15) is 0 Å². The lowest BCUT2D eigenvalue weighted by molar-refractivity contribution is -0.140. The van der Waals surface area contributed by atoms with Crippen LogP contribution in [-0.2, 0) is 9.53 Å². The fraction of sp³-hybridized carbons (Fsp3) is 0.923. The van der Waals surface area contributed by atoms with E-state index in [1.165, 1.54) is 12.8 Å². The first-order valence-electron chi connectivity index (χ1n) is 6.34. The second kappa shape index (κ2) is 3.00. The van der Waals surface area contributed by atoms with Crippen LogP contribution in [0.5, 0.6) is 0 Å². The molecule has 1 aliphatic heterocycles. The van der Waals surface area contributed by atoms with Gasteiger partial charge in [0.25, 0.3) is 0 Å². The van der Waals surface area contributed by atoms with Crippen LogP contribution in [0.15, 0.2) is 0 Å². The fourth-order valence-corrected chi connectivity index (χ4v) is 4.67. The van der Waals surface area contributed by atoms with E-state index < -0.39 is 5.97 Å². The maximum atomic E-state index is 11.3. The van der Waals surface area contributed by atoms with Gasteiger partial charge in [-0.1, -0.05) is 20.3 Å². The van der Waals surface area contributed by atoms with Gasteiger partial charge in [0.15, 0.2) is 0 Å². The van der Waals surface area contributed by atoms with Crippen LogP contribution in [0.25, 0.3) is 0 Å². The Morgan fingerprint density at radius 3 is 2.75 bits per heavy atom. The zero-order chi connectivity index (χ0) is 11.6. The molecule has 90 valence electrons. The number of rotatable bonds is 2. The van der Waals surface area contributed by atoms with Crippen molar-refractivity contribution in [2.24, 2.45) is 22.7 Å². The quantitative estimate of drug-likeness (QED) is 0.783. The highest BCUT2D eigenvalue weighted by atomic mass is 16.5. The Bertz CT molecular complexity index is 324. The molecule has 3 rings (SSSR count). The predicted molar refractivity (Wildman–Crippen MR) is 59.0 cm³/mol. The monoisotopic (exact) mass is 224 g/mol. The van der Waals surface area contributed by atoms with Gasteiger partial charge < -0.3 is 9.84 Å². The lowest BCUT2D eigenvalue weighted by atomic mass is 9.75. The molecule has 0 aromatic carbocycles. The summed E-state index contributed by atoms with van der Waals surface area (Å²) in [7, 11) is 0. The maximum absolute atomic E-state index is 11.3. The van der Waals surface area contributed by atoms with Gasteiger partial charge in [0.05, 0.1) is 12.0 Å². The third-order valence-electron chi connectivity index (χ3n) is 5.35. The van der Waals surface area contributed by atoms with Crippen LogP contribution in [0.2, 0.25) is 0 Å². The predicted octanol–water partition coefficient (Wildman–Crippen LogP) is 2.30. The Morgan fingerprint density at radius 2 is 2.12 bits per heavy atom. The topological polar surface area (TPSA) is 46.5 Å². The molecule has 0 aromatic rings. The van der Waals surface area contributed by atoms with Crippen LogP contribution < -0.4 is 0 Å². The van der Waals surface area contributed by atoms with E-state index in [0.717, 1.165) is 19.4 Å². The minimum absolute atomic E-state index is 0.0257. The van der Waals surface area contributed by atoms with Crippen molar-refractivity contribution in [2.75, 3.05) is 6.61 Å². The first kappa shape index (κ1) is 10.6. The highest BCUT2D eigenvalue weighted by molar-refractivity contribution is 5.76. The summed E-state index contributed by atoms with van der Waals surface area (Å²) < 4.78 is 5.81. The van der Waals surface area contributed by atoms with E-state index in [4.69, 9.17) is 4.74 Å². The first-order valence-corrected chi connectivity index (χ1v) is 6.34. The zero-order valence-electron chi connectivity index (χ0n) is 10.0. The minimum atomic E-state index is -0.609. The lowest BCUT2D eigenvalue weighted by Gasteiger charge is -2.29. The second-order valence-corrected chi connectivity index (χ2v) is 6.35. The number of aliphatic carboxylic acids is 1. The standard InChI is InChI=1S/C13H20O3/c1-12(2)9(11(14)15)10(12)13-5-3-4-8(13)16-7-6-13/h8-10H,3-7H2,1-2H3,(H,14,15)/t8-,9+,10-,13?/m1/s1. The van der Waals surface area contributed by atoms with E-state index >= 15 is 0 Å². The summed E-state index contributed by atoms with van der Waals surface area (Å²) in [6, 6.07) is 0. The zero-order valence-corrected chi connectivity index (χ0v) is 10.0. The van der Waals surface area contributed by atoms with Crippen LogP contribution in [0.1, 0.15) is 39.5 Å². The van der Waals surface area contributed by atoms with Crippen molar-refractivity contribution >= 4 is 5.97 Å². The second-order valence-electron chi connectivity index (χ2n) is 6.35. The molecule has 1 saturated heterocycles. The number of hydrogen-bond acceptors (Lipinski definition) is 2. The summed E-state index contributed by atoms with van der Waals surface area (Å²) in [5.41, 5.74) is 0.175. The number of hydrogen-bond donors (Lipinski definition) is 1. The van der Waals surface area contributed by atoms with E-state index in [1.54, 1.807) is 0 Å². The summed E-state index contributed by atoms with van der Waals surface area (Å²) >= 11 is 0. The van der Waals surface area contributed by atoms with Gasteiger partial charge in [-0.05, 0) is 30.6 Å². The summed E-state index contributed by atoms with van der Waals surface area (Å²) in [4.78, 5) is 11.3. The normalized spacial score (nSPS) is 49.0. The molecule has 2 saturated carbocycles. The van der Waals surface area contributed by atoms with Crippen molar-refractivity contribution in [2.45, 2.75) is 45.6 Å². The lowest BCUT2D eigenvalue weighted by Crippen LogP contribution is -2.30. The van der Waals surface area contributed by atoms with E-state index in [-0.39, 0.29) is 16.7 Å². The highest BCUT2D eigenvalue weighted by Gasteiger charge is 2.72. The molecule has 0 spiro atoms. The largest absolute Gasteiger partial charge is 0.481 e. The van der Waals surface area contributed by atoms with Crippen molar-refractivity contribution in [1.29, 1.82) is 0 Å². The Morgan fingerprint density at radius 1 is 1.38 bits per heavy atom. The van der Waals surface area contributed by atoms with Gasteiger partial charge in [-0.25, -0.2) is 0 Å². The third-order valence-corrected chi connectivity index (χ3v) is 5.35. The Balaban J connectivity index is 1.91. The molecule has 2 aliphatic carbocycles. The van der Waals surface area contributed by atoms with Crippen molar-refractivity contribution in [3.05, 3.63) is 0 Å². The van der Waals surface area contributed by atoms with Crippen molar-refractivity contribution in [3.8, 4) is 0 Å². The molecule has 3 nitrogen and oxygen atoms in total. The van der Waals surface area contributed by atoms with Gasteiger partial charge in [0, 0.05) is 12.0 Å². The van der Waals surface area contributed by atoms with E-state index in [9.17, 15) is 9.90 Å². The van der Waals surface area contributed by atoms with Crippen LogP contribution in [0.3, 0.4) is 0 Å². The molecule has 0 radical (unpaired) electrons. The van der Waals surface area contributed by atoms with E-state index in [2.05, 4.69) is 13.8 Å². The molecule has 0 aromatic heterocycles. The maximum Gasteiger partial charge on any atom is 0.307 e. The average molecular weight is 224 g/mol. The van der Waals surface area contributed by atoms with Gasteiger partial charge in [-0.2, -0.15) is 0 Å². The Labute approximate surface area is 96.2 Å². The molecule has 3 fully saturated rings. The number of carboxylic acid groups (broad SMARTS) is 1. The first-order chi connectivity index (χ1) is 7.50. The van der Waals surface area contributed by atoms with Gasteiger partial charge >= 0.3 is 5.97 Å².